The van der Waals surface area contributed by atoms with E-state index in [0.717, 1.165) is 12.0 Å². The number of carbonyl (C=O) groups excluding carboxylic acids is 1. The van der Waals surface area contributed by atoms with Gasteiger partial charge in [0.1, 0.15) is 11.9 Å². The first-order valence-corrected chi connectivity index (χ1v) is 7.08. The van der Waals surface area contributed by atoms with Crippen LogP contribution in [-0.2, 0) is 0 Å². The number of hydrogen-bond donors (Lipinski definition) is 2. The summed E-state index contributed by atoms with van der Waals surface area (Å²) in [5, 5.41) is 12.3. The van der Waals surface area contributed by atoms with E-state index >= 15 is 0 Å². The Labute approximate surface area is 118 Å². The summed E-state index contributed by atoms with van der Waals surface area (Å²) in [6.45, 7) is 2.93. The Morgan fingerprint density at radius 2 is 2.00 bits per heavy atom. The lowest BCUT2D eigenvalue weighted by molar-refractivity contribution is 0.150. The number of amides is 2. The average Bonchev–Trinajstić information content (AvgIpc) is 2.46. The molecule has 0 radical (unpaired) electrons. The van der Waals surface area contributed by atoms with Crippen molar-refractivity contribution < 1.29 is 14.3 Å². The normalized spacial score (nSPS) is 17.8. The Kier molecular flexibility index (Phi) is 4.82. The summed E-state index contributed by atoms with van der Waals surface area (Å²) in [6, 6.07) is 6.59. The standard InChI is InChI=1S/C15H21FN2O2/c1-2-14(11-3-5-13(19)6-4-11)17-15(20)18-9-7-12(16)8-10-18/h3-6,12,14,19H,2,7-10H2,1H3,(H,17,20)/t14-/m0/s1. The van der Waals surface area contributed by atoms with E-state index in [1.807, 2.05) is 6.92 Å². The highest BCUT2D eigenvalue weighted by Crippen LogP contribution is 2.20. The van der Waals surface area contributed by atoms with Gasteiger partial charge in [0.2, 0.25) is 0 Å². The molecular weight excluding hydrogens is 259 g/mol. The number of piperidine rings is 1. The highest BCUT2D eigenvalue weighted by atomic mass is 19.1. The molecule has 1 heterocycles. The monoisotopic (exact) mass is 280 g/mol. The van der Waals surface area contributed by atoms with Crippen LogP contribution in [0.2, 0.25) is 0 Å². The van der Waals surface area contributed by atoms with Crippen molar-refractivity contribution in [3.63, 3.8) is 0 Å². The number of carbonyl (C=O) groups is 1. The maximum atomic E-state index is 13.1. The van der Waals surface area contributed by atoms with E-state index in [4.69, 9.17) is 0 Å². The minimum Gasteiger partial charge on any atom is -0.508 e. The number of halogens is 1. The van der Waals surface area contributed by atoms with Gasteiger partial charge in [0.05, 0.1) is 6.04 Å². The fourth-order valence-corrected chi connectivity index (χ4v) is 2.42. The first-order chi connectivity index (χ1) is 9.60. The van der Waals surface area contributed by atoms with Crippen LogP contribution in [0.4, 0.5) is 9.18 Å². The molecule has 1 fully saturated rings. The average molecular weight is 280 g/mol. The van der Waals surface area contributed by atoms with Crippen LogP contribution in [0.25, 0.3) is 0 Å². The highest BCUT2D eigenvalue weighted by molar-refractivity contribution is 5.74. The number of benzene rings is 1. The molecule has 0 bridgehead atoms. The summed E-state index contributed by atoms with van der Waals surface area (Å²) in [5.41, 5.74) is 0.957. The molecule has 5 heteroatoms. The van der Waals surface area contributed by atoms with Gasteiger partial charge in [-0.15, -0.1) is 0 Å². The fourth-order valence-electron chi connectivity index (χ4n) is 2.42. The largest absolute Gasteiger partial charge is 0.508 e. The summed E-state index contributed by atoms with van der Waals surface area (Å²) in [6.07, 6.45) is 0.821. The Bertz CT molecular complexity index is 442. The summed E-state index contributed by atoms with van der Waals surface area (Å²) in [7, 11) is 0. The van der Waals surface area contributed by atoms with E-state index in [0.29, 0.717) is 25.9 Å². The molecule has 0 aromatic heterocycles. The second-order valence-electron chi connectivity index (χ2n) is 5.16. The zero-order valence-corrected chi connectivity index (χ0v) is 11.7. The van der Waals surface area contributed by atoms with Gasteiger partial charge in [0.25, 0.3) is 0 Å². The number of hydrogen-bond acceptors (Lipinski definition) is 2. The van der Waals surface area contributed by atoms with Crippen molar-refractivity contribution in [2.24, 2.45) is 0 Å². The number of aromatic hydroxyl groups is 1. The Morgan fingerprint density at radius 3 is 2.55 bits per heavy atom. The fraction of sp³-hybridized carbons (Fsp3) is 0.533. The van der Waals surface area contributed by atoms with E-state index in [1.165, 1.54) is 0 Å². The van der Waals surface area contributed by atoms with Crippen molar-refractivity contribution >= 4 is 6.03 Å². The third kappa shape index (κ3) is 3.62. The summed E-state index contributed by atoms with van der Waals surface area (Å²) in [4.78, 5) is 13.8. The van der Waals surface area contributed by atoms with Gasteiger partial charge >= 0.3 is 6.03 Å². The molecule has 110 valence electrons. The number of nitrogens with zero attached hydrogens (tertiary/aromatic N) is 1. The van der Waals surface area contributed by atoms with E-state index in [2.05, 4.69) is 5.32 Å². The van der Waals surface area contributed by atoms with Crippen molar-refractivity contribution in [2.45, 2.75) is 38.4 Å². The third-order valence-corrected chi connectivity index (χ3v) is 3.71. The minimum absolute atomic E-state index is 0.0915. The molecule has 2 N–H and O–H groups in total. The van der Waals surface area contributed by atoms with Gasteiger partial charge < -0.3 is 15.3 Å². The number of alkyl halides is 1. The van der Waals surface area contributed by atoms with Crippen molar-refractivity contribution in [1.29, 1.82) is 0 Å². The second-order valence-corrected chi connectivity index (χ2v) is 5.16. The highest BCUT2D eigenvalue weighted by Gasteiger charge is 2.23. The van der Waals surface area contributed by atoms with Crippen LogP contribution in [0.5, 0.6) is 5.75 Å². The molecule has 0 unspecified atom stereocenters. The van der Waals surface area contributed by atoms with E-state index in [-0.39, 0.29) is 17.8 Å². The molecule has 4 nitrogen and oxygen atoms in total. The van der Waals surface area contributed by atoms with Crippen LogP contribution >= 0.6 is 0 Å². The second kappa shape index (κ2) is 6.59. The van der Waals surface area contributed by atoms with Crippen molar-refractivity contribution in [3.05, 3.63) is 29.8 Å². The van der Waals surface area contributed by atoms with E-state index < -0.39 is 6.17 Å². The number of urea groups is 1. The predicted molar refractivity (Wildman–Crippen MR) is 75.4 cm³/mol. The first kappa shape index (κ1) is 14.6. The lowest BCUT2D eigenvalue weighted by Gasteiger charge is -2.30. The van der Waals surface area contributed by atoms with Crippen LogP contribution in [0, 0.1) is 0 Å². The van der Waals surface area contributed by atoms with Crippen LogP contribution in [-0.4, -0.2) is 35.3 Å². The molecule has 0 saturated carbocycles. The molecule has 1 aliphatic heterocycles. The molecule has 1 saturated heterocycles. The Hall–Kier alpha value is -1.78. The predicted octanol–water partition coefficient (Wildman–Crippen LogP) is 2.99. The SMILES string of the molecule is CC[C@H](NC(=O)N1CCC(F)CC1)c1ccc(O)cc1. The number of nitrogens with one attached hydrogen (secondary N) is 1. The number of phenolic OH excluding ortho intramolecular Hbond substituents is 1. The van der Waals surface area contributed by atoms with Crippen LogP contribution in [0.1, 0.15) is 37.8 Å². The molecule has 2 rings (SSSR count). The van der Waals surface area contributed by atoms with E-state index in [9.17, 15) is 14.3 Å². The molecule has 1 aliphatic rings. The smallest absolute Gasteiger partial charge is 0.317 e. The van der Waals surface area contributed by atoms with Crippen molar-refractivity contribution in [2.75, 3.05) is 13.1 Å². The molecule has 2 amide bonds. The summed E-state index contributed by atoms with van der Waals surface area (Å²) < 4.78 is 13.1. The first-order valence-electron chi connectivity index (χ1n) is 7.08. The summed E-state index contributed by atoms with van der Waals surface area (Å²) >= 11 is 0. The molecule has 1 aromatic rings. The molecule has 20 heavy (non-hydrogen) atoms. The van der Waals surface area contributed by atoms with Crippen molar-refractivity contribution in [3.8, 4) is 5.75 Å². The molecule has 0 aliphatic carbocycles. The molecular formula is C15H21FN2O2. The quantitative estimate of drug-likeness (QED) is 0.894. The van der Waals surface area contributed by atoms with Crippen LogP contribution < -0.4 is 5.32 Å². The molecule has 1 aromatic carbocycles. The maximum Gasteiger partial charge on any atom is 0.317 e. The number of likely N-dealkylation sites (tertiary alicyclic amines) is 1. The lowest BCUT2D eigenvalue weighted by Crippen LogP contribution is -2.45. The molecule has 1 atom stereocenters. The zero-order valence-electron chi connectivity index (χ0n) is 11.7. The van der Waals surface area contributed by atoms with Crippen LogP contribution in [0.15, 0.2) is 24.3 Å². The maximum absolute atomic E-state index is 13.1. The Morgan fingerprint density at radius 1 is 1.40 bits per heavy atom. The van der Waals surface area contributed by atoms with Gasteiger partial charge in [0.15, 0.2) is 0 Å². The van der Waals surface area contributed by atoms with Gasteiger partial charge in [0, 0.05) is 13.1 Å². The minimum atomic E-state index is -0.780. The third-order valence-electron chi connectivity index (χ3n) is 3.71. The van der Waals surface area contributed by atoms with Gasteiger partial charge in [-0.25, -0.2) is 9.18 Å². The van der Waals surface area contributed by atoms with Crippen LogP contribution in [0.3, 0.4) is 0 Å². The van der Waals surface area contributed by atoms with Gasteiger partial charge in [-0.2, -0.15) is 0 Å². The summed E-state index contributed by atoms with van der Waals surface area (Å²) in [5.74, 6) is 0.208. The zero-order chi connectivity index (χ0) is 14.5. The number of rotatable bonds is 3. The van der Waals surface area contributed by atoms with Gasteiger partial charge in [-0.1, -0.05) is 19.1 Å². The van der Waals surface area contributed by atoms with Gasteiger partial charge in [-0.05, 0) is 37.0 Å². The van der Waals surface area contributed by atoms with Gasteiger partial charge in [-0.3, -0.25) is 0 Å². The molecule has 0 spiro atoms. The Balaban J connectivity index is 1.95. The lowest BCUT2D eigenvalue weighted by atomic mass is 10.0. The topological polar surface area (TPSA) is 52.6 Å². The van der Waals surface area contributed by atoms with Crippen molar-refractivity contribution in [1.82, 2.24) is 10.2 Å². The number of phenols is 1. The van der Waals surface area contributed by atoms with E-state index in [1.54, 1.807) is 29.2 Å².